The lowest BCUT2D eigenvalue weighted by molar-refractivity contribution is -0.122. The van der Waals surface area contributed by atoms with Gasteiger partial charge in [-0.25, -0.2) is 13.4 Å². The zero-order chi connectivity index (χ0) is 15.6. The summed E-state index contributed by atoms with van der Waals surface area (Å²) in [7, 11) is -3.77. The Balaban J connectivity index is 2.27. The van der Waals surface area contributed by atoms with Gasteiger partial charge in [0.05, 0.1) is 16.3 Å². The van der Waals surface area contributed by atoms with Gasteiger partial charge in [0.25, 0.3) is 10.0 Å². The van der Waals surface area contributed by atoms with Crippen LogP contribution in [0.1, 0.15) is 13.8 Å². The first-order valence-electron chi connectivity index (χ1n) is 6.19. The van der Waals surface area contributed by atoms with Crippen LogP contribution in [0.2, 0.25) is 5.15 Å². The van der Waals surface area contributed by atoms with Crippen molar-refractivity contribution in [2.45, 2.75) is 24.1 Å². The second-order valence-corrected chi connectivity index (χ2v) is 7.73. The molecule has 2 rings (SSSR count). The van der Waals surface area contributed by atoms with Crippen molar-refractivity contribution in [3.8, 4) is 0 Å². The summed E-state index contributed by atoms with van der Waals surface area (Å²) in [4.78, 5) is 15.7. The van der Waals surface area contributed by atoms with E-state index in [0.717, 1.165) is 11.3 Å². The minimum Gasteiger partial charge on any atom is -0.355 e. The molecule has 0 aliphatic rings. The molecule has 0 aromatic carbocycles. The monoisotopic (exact) mass is 347 g/mol. The molecule has 2 aromatic heterocycles. The van der Waals surface area contributed by atoms with Gasteiger partial charge < -0.3 is 5.32 Å². The van der Waals surface area contributed by atoms with Crippen LogP contribution in [0.15, 0.2) is 22.4 Å². The molecular weight excluding hydrogens is 334 g/mol. The van der Waals surface area contributed by atoms with Gasteiger partial charge in [-0.2, -0.15) is 4.72 Å². The lowest BCUT2D eigenvalue weighted by Crippen LogP contribution is -2.44. The van der Waals surface area contributed by atoms with E-state index in [9.17, 15) is 13.2 Å². The van der Waals surface area contributed by atoms with Gasteiger partial charge in [0, 0.05) is 6.54 Å². The van der Waals surface area contributed by atoms with Gasteiger partial charge in [-0.05, 0) is 32.0 Å². The molecule has 2 aromatic rings. The maximum Gasteiger partial charge on any atom is 0.250 e. The maximum absolute atomic E-state index is 12.3. The average Bonchev–Trinajstić information content (AvgIpc) is 2.82. The number of pyridine rings is 1. The van der Waals surface area contributed by atoms with Crippen molar-refractivity contribution in [2.24, 2.45) is 0 Å². The van der Waals surface area contributed by atoms with E-state index in [4.69, 9.17) is 11.6 Å². The van der Waals surface area contributed by atoms with E-state index >= 15 is 0 Å². The molecule has 0 bridgehead atoms. The van der Waals surface area contributed by atoms with Crippen LogP contribution >= 0.6 is 22.9 Å². The lowest BCUT2D eigenvalue weighted by atomic mass is 10.3. The summed E-state index contributed by atoms with van der Waals surface area (Å²) in [5.74, 6) is -0.372. The number of carbonyl (C=O) groups is 1. The van der Waals surface area contributed by atoms with Crippen LogP contribution in [0, 0.1) is 0 Å². The van der Waals surface area contributed by atoms with Crippen LogP contribution in [-0.4, -0.2) is 31.9 Å². The molecule has 114 valence electrons. The standard InChI is InChI=1S/C12H14ClN3O3S2/c1-3-14-12(17)7(2)16-21(18,19)11-6-8-9(20-11)4-5-10(13)15-8/h4-7,16H,3H2,1-2H3,(H,14,17)/t7-/m1/s1. The minimum absolute atomic E-state index is 0.100. The molecule has 0 aliphatic carbocycles. The van der Waals surface area contributed by atoms with E-state index in [0.29, 0.717) is 21.9 Å². The van der Waals surface area contributed by atoms with Gasteiger partial charge >= 0.3 is 0 Å². The highest BCUT2D eigenvalue weighted by molar-refractivity contribution is 7.91. The van der Waals surface area contributed by atoms with Crippen molar-refractivity contribution in [3.05, 3.63) is 23.4 Å². The normalized spacial score (nSPS) is 13.3. The van der Waals surface area contributed by atoms with E-state index in [1.54, 1.807) is 19.1 Å². The fourth-order valence-corrected chi connectivity index (χ4v) is 4.38. The predicted molar refractivity (Wildman–Crippen MR) is 83.1 cm³/mol. The molecule has 0 saturated carbocycles. The predicted octanol–water partition coefficient (Wildman–Crippen LogP) is 1.75. The van der Waals surface area contributed by atoms with Gasteiger partial charge in [0.2, 0.25) is 5.91 Å². The highest BCUT2D eigenvalue weighted by Gasteiger charge is 2.23. The third-order valence-corrected chi connectivity index (χ3v) is 5.97. The number of carbonyl (C=O) groups excluding carboxylic acids is 1. The summed E-state index contributed by atoms with van der Waals surface area (Å²) in [5, 5.41) is 2.86. The molecule has 0 fully saturated rings. The number of nitrogens with one attached hydrogen (secondary N) is 2. The quantitative estimate of drug-likeness (QED) is 0.806. The third-order valence-electron chi connectivity index (χ3n) is 2.66. The summed E-state index contributed by atoms with van der Waals surface area (Å²) in [5.41, 5.74) is 0.513. The number of sulfonamides is 1. The number of likely N-dealkylation sites (N-methyl/N-ethyl adjacent to an activating group) is 1. The topological polar surface area (TPSA) is 88.2 Å². The number of hydrogen-bond acceptors (Lipinski definition) is 5. The zero-order valence-corrected chi connectivity index (χ0v) is 13.8. The molecule has 0 unspecified atom stereocenters. The van der Waals surface area contributed by atoms with E-state index in [-0.39, 0.29) is 10.1 Å². The number of rotatable bonds is 5. The van der Waals surface area contributed by atoms with Crippen LogP contribution in [0.25, 0.3) is 10.2 Å². The highest BCUT2D eigenvalue weighted by atomic mass is 35.5. The first-order valence-corrected chi connectivity index (χ1v) is 8.87. The Morgan fingerprint density at radius 1 is 1.48 bits per heavy atom. The first-order chi connectivity index (χ1) is 9.83. The SMILES string of the molecule is CCNC(=O)[C@@H](C)NS(=O)(=O)c1cc2nc(Cl)ccc2s1. The Morgan fingerprint density at radius 2 is 2.19 bits per heavy atom. The van der Waals surface area contributed by atoms with Crippen molar-refractivity contribution in [2.75, 3.05) is 6.54 Å². The largest absolute Gasteiger partial charge is 0.355 e. The van der Waals surface area contributed by atoms with Gasteiger partial charge in [0.1, 0.15) is 9.36 Å². The Bertz CT molecular complexity index is 773. The van der Waals surface area contributed by atoms with E-state index in [1.165, 1.54) is 13.0 Å². The summed E-state index contributed by atoms with van der Waals surface area (Å²) >= 11 is 6.86. The second kappa shape index (κ2) is 6.27. The number of fused-ring (bicyclic) bond motifs is 1. The van der Waals surface area contributed by atoms with Gasteiger partial charge in [-0.3, -0.25) is 4.79 Å². The van der Waals surface area contributed by atoms with Gasteiger partial charge in [-0.1, -0.05) is 11.6 Å². The molecule has 1 atom stereocenters. The number of halogens is 1. The summed E-state index contributed by atoms with van der Waals surface area (Å²) in [6.45, 7) is 3.70. The van der Waals surface area contributed by atoms with Crippen molar-refractivity contribution >= 4 is 49.1 Å². The first kappa shape index (κ1) is 16.2. The number of nitrogens with zero attached hydrogens (tertiary/aromatic N) is 1. The van der Waals surface area contributed by atoms with Gasteiger partial charge in [-0.15, -0.1) is 11.3 Å². The van der Waals surface area contributed by atoms with Crippen molar-refractivity contribution in [3.63, 3.8) is 0 Å². The van der Waals surface area contributed by atoms with Crippen LogP contribution in [-0.2, 0) is 14.8 Å². The van der Waals surface area contributed by atoms with Crippen molar-refractivity contribution < 1.29 is 13.2 Å². The molecule has 9 heteroatoms. The fourth-order valence-electron chi connectivity index (χ4n) is 1.68. The number of hydrogen-bond donors (Lipinski definition) is 2. The molecule has 6 nitrogen and oxygen atoms in total. The highest BCUT2D eigenvalue weighted by Crippen LogP contribution is 2.28. The molecule has 1 amide bonds. The molecule has 0 spiro atoms. The summed E-state index contributed by atoms with van der Waals surface area (Å²) in [6.07, 6.45) is 0. The zero-order valence-electron chi connectivity index (χ0n) is 11.4. The van der Waals surface area contributed by atoms with Crippen LogP contribution in [0.3, 0.4) is 0 Å². The van der Waals surface area contributed by atoms with Crippen LogP contribution in [0.4, 0.5) is 0 Å². The average molecular weight is 348 g/mol. The smallest absolute Gasteiger partial charge is 0.250 e. The van der Waals surface area contributed by atoms with Crippen LogP contribution in [0.5, 0.6) is 0 Å². The van der Waals surface area contributed by atoms with Crippen molar-refractivity contribution in [1.82, 2.24) is 15.0 Å². The molecule has 2 N–H and O–H groups in total. The summed E-state index contributed by atoms with van der Waals surface area (Å²) < 4.78 is 27.7. The Hall–Kier alpha value is -1.22. The fraction of sp³-hybridized carbons (Fsp3) is 0.333. The van der Waals surface area contributed by atoms with E-state index in [2.05, 4.69) is 15.0 Å². The maximum atomic E-state index is 12.3. The number of amides is 1. The Labute approximate surface area is 131 Å². The van der Waals surface area contributed by atoms with E-state index in [1.807, 2.05) is 0 Å². The summed E-state index contributed by atoms with van der Waals surface area (Å²) in [6, 6.07) is 3.90. The molecular formula is C12H14ClN3O3S2. The Kier molecular flexibility index (Phi) is 4.82. The molecule has 21 heavy (non-hydrogen) atoms. The number of thiophene rings is 1. The molecule has 2 heterocycles. The molecule has 0 saturated heterocycles. The van der Waals surface area contributed by atoms with Gasteiger partial charge in [0.15, 0.2) is 0 Å². The minimum atomic E-state index is -3.77. The van der Waals surface area contributed by atoms with Crippen LogP contribution < -0.4 is 10.0 Å². The van der Waals surface area contributed by atoms with E-state index < -0.39 is 16.1 Å². The number of aromatic nitrogens is 1. The van der Waals surface area contributed by atoms with Crippen molar-refractivity contribution in [1.29, 1.82) is 0 Å². The molecule has 0 aliphatic heterocycles. The third kappa shape index (κ3) is 3.70. The second-order valence-electron chi connectivity index (χ2n) is 4.32. The lowest BCUT2D eigenvalue weighted by Gasteiger charge is -2.12. The molecule has 0 radical (unpaired) electrons. The Morgan fingerprint density at radius 3 is 2.86 bits per heavy atom.